The van der Waals surface area contributed by atoms with Crippen LogP contribution < -0.4 is 0 Å². The molecule has 9 heteroatoms. The van der Waals surface area contributed by atoms with Gasteiger partial charge in [-0.2, -0.15) is 25.7 Å². The largest absolute Gasteiger partial charge is 4.00 e. The second-order valence-electron chi connectivity index (χ2n) is 3.80. The van der Waals surface area contributed by atoms with Crippen LogP contribution in [0.4, 0.5) is 0 Å². The van der Waals surface area contributed by atoms with Crippen molar-refractivity contribution in [3.8, 4) is 0 Å². The van der Waals surface area contributed by atoms with Gasteiger partial charge in [-0.3, -0.25) is 44.9 Å². The molecule has 0 rings (SSSR count). The number of carboxylic acids is 4. The molecule has 0 aromatic heterocycles. The first-order chi connectivity index (χ1) is 11.1. The van der Waals surface area contributed by atoms with Crippen molar-refractivity contribution in [3.63, 3.8) is 0 Å². The second-order valence-corrected chi connectivity index (χ2v) is 3.80. The average Bonchev–Trinajstić information content (AvgIpc) is 2.39. The van der Waals surface area contributed by atoms with E-state index in [4.69, 9.17) is 20.4 Å². The van der Waals surface area contributed by atoms with E-state index in [1.54, 1.807) is 27.7 Å². The molecule has 0 amide bonds. The van der Waals surface area contributed by atoms with E-state index in [2.05, 4.69) is 0 Å². The third kappa shape index (κ3) is 86.9. The van der Waals surface area contributed by atoms with E-state index >= 15 is 0 Å². The molecule has 0 saturated carbocycles. The maximum atomic E-state index is 9.54. The van der Waals surface area contributed by atoms with Gasteiger partial charge in [-0.25, -0.2) is 0 Å². The van der Waals surface area contributed by atoms with Crippen molar-refractivity contribution in [3.05, 3.63) is 25.7 Å². The van der Waals surface area contributed by atoms with Crippen molar-refractivity contribution < 1.29 is 65.8 Å². The molecule has 8 nitrogen and oxygen atoms in total. The second kappa shape index (κ2) is 30.2. The van der Waals surface area contributed by atoms with Crippen molar-refractivity contribution in [2.45, 2.75) is 53.4 Å². The number of carbonyl (C=O) groups is 4. The van der Waals surface area contributed by atoms with Gasteiger partial charge in [-0.05, 0) is 0 Å². The normalized spacial score (nSPS) is 7.20. The molecule has 0 aromatic carbocycles. The van der Waals surface area contributed by atoms with Gasteiger partial charge in [0, 0.05) is 0 Å². The van der Waals surface area contributed by atoms with E-state index in [9.17, 15) is 19.2 Å². The van der Waals surface area contributed by atoms with Crippen molar-refractivity contribution >= 4 is 23.9 Å². The summed E-state index contributed by atoms with van der Waals surface area (Å²) in [6.07, 6.45) is 7.26. The van der Waals surface area contributed by atoms with Crippen LogP contribution in [-0.4, -0.2) is 44.3 Å². The molecule has 144 valence electrons. The molecule has 0 radical (unpaired) electrons. The van der Waals surface area contributed by atoms with Crippen molar-refractivity contribution in [1.82, 2.24) is 0 Å². The Morgan fingerprint density at radius 3 is 0.640 bits per heavy atom. The maximum Gasteiger partial charge on any atom is 4.00 e. The fourth-order valence-electron chi connectivity index (χ4n) is 0.698. The van der Waals surface area contributed by atoms with Crippen LogP contribution in [0.2, 0.25) is 0 Å². The van der Waals surface area contributed by atoms with E-state index in [1.165, 1.54) is 25.7 Å². The Bertz CT molecular complexity index is 268. The molecular weight excluding hydrogens is 411 g/mol. The molecule has 0 saturated heterocycles. The van der Waals surface area contributed by atoms with Crippen LogP contribution in [0.25, 0.3) is 0 Å². The Labute approximate surface area is 168 Å². The summed E-state index contributed by atoms with van der Waals surface area (Å²) in [5.41, 5.74) is 0. The van der Waals surface area contributed by atoms with E-state index in [0.29, 0.717) is 25.7 Å². The average molecular weight is 440 g/mol. The van der Waals surface area contributed by atoms with Gasteiger partial charge < -0.3 is 20.4 Å². The Hall–Kier alpha value is -1.76. The number of rotatable bonds is 8. The molecule has 4 N–H and O–H groups in total. The number of carboxylic acid groups (broad SMARTS) is 4. The summed E-state index contributed by atoms with van der Waals surface area (Å²) in [6.45, 7) is 7.14. The van der Waals surface area contributed by atoms with E-state index < -0.39 is 23.9 Å². The molecule has 0 spiro atoms. The molecular formula is C16H28O8Zr. The number of hydrogen-bond donors (Lipinski definition) is 4. The molecule has 0 fully saturated rings. The quantitative estimate of drug-likeness (QED) is 0.422. The fourth-order valence-corrected chi connectivity index (χ4v) is 0.698. The van der Waals surface area contributed by atoms with Crippen LogP contribution >= 0.6 is 0 Å². The molecule has 25 heavy (non-hydrogen) atoms. The van der Waals surface area contributed by atoms with Crippen molar-refractivity contribution in [2.75, 3.05) is 0 Å². The Balaban J connectivity index is -0.0000000702. The first-order valence-corrected chi connectivity index (χ1v) is 7.33. The minimum Gasteiger partial charge on any atom is -0.503 e. The minimum absolute atomic E-state index is 0. The minimum atomic E-state index is -0.836. The first-order valence-electron chi connectivity index (χ1n) is 7.33. The van der Waals surface area contributed by atoms with Crippen LogP contribution in [0.1, 0.15) is 53.4 Å². The van der Waals surface area contributed by atoms with Gasteiger partial charge in [0.1, 0.15) is 0 Å². The van der Waals surface area contributed by atoms with Gasteiger partial charge in [0.25, 0.3) is 0 Å². The molecule has 0 heterocycles. The molecule has 0 aromatic rings. The van der Waals surface area contributed by atoms with E-state index in [0.717, 1.165) is 0 Å². The zero-order valence-corrected chi connectivity index (χ0v) is 17.5. The third-order valence-corrected chi connectivity index (χ3v) is 1.51. The molecule has 0 bridgehead atoms. The summed E-state index contributed by atoms with van der Waals surface area (Å²) < 4.78 is 0. The zero-order chi connectivity index (χ0) is 20.0. The van der Waals surface area contributed by atoms with Gasteiger partial charge in [-0.1, -0.05) is 27.7 Å². The first kappa shape index (κ1) is 34.6. The Morgan fingerprint density at radius 2 is 0.640 bits per heavy atom. The number of hydrogen-bond acceptors (Lipinski definition) is 4. The monoisotopic (exact) mass is 438 g/mol. The smallest absolute Gasteiger partial charge is 0.503 e. The van der Waals surface area contributed by atoms with Gasteiger partial charge in [0.05, 0.1) is 0 Å². The zero-order valence-electron chi connectivity index (χ0n) is 15.1. The summed E-state index contributed by atoms with van der Waals surface area (Å²) in [4.78, 5) is 38.2. The fraction of sp³-hybridized carbons (Fsp3) is 0.500. The maximum absolute atomic E-state index is 9.54. The Kier molecular flexibility index (Phi) is 41.7. The predicted octanol–water partition coefficient (Wildman–Crippen LogP) is 2.74. The van der Waals surface area contributed by atoms with Gasteiger partial charge in [-0.15, -0.1) is 0 Å². The van der Waals surface area contributed by atoms with Gasteiger partial charge >= 0.3 is 26.2 Å². The summed E-state index contributed by atoms with van der Waals surface area (Å²) in [5.74, 6) is -3.34. The number of aliphatic carboxylic acids is 4. The van der Waals surface area contributed by atoms with Crippen molar-refractivity contribution in [2.24, 2.45) is 0 Å². The van der Waals surface area contributed by atoms with E-state index in [1.807, 2.05) is 0 Å². The van der Waals surface area contributed by atoms with Gasteiger partial charge in [0.15, 0.2) is 23.9 Å². The van der Waals surface area contributed by atoms with E-state index in [-0.39, 0.29) is 26.2 Å². The summed E-state index contributed by atoms with van der Waals surface area (Å²) in [7, 11) is 0. The van der Waals surface area contributed by atoms with Crippen molar-refractivity contribution in [1.29, 1.82) is 0 Å². The predicted molar refractivity (Wildman–Crippen MR) is 88.9 cm³/mol. The molecule has 0 unspecified atom stereocenters. The summed E-state index contributed by atoms with van der Waals surface area (Å²) in [5, 5.41) is 31.4. The topological polar surface area (TPSA) is 149 Å². The van der Waals surface area contributed by atoms with Crippen LogP contribution in [0.3, 0.4) is 0 Å². The van der Waals surface area contributed by atoms with Crippen LogP contribution in [-0.2, 0) is 45.4 Å². The van der Waals surface area contributed by atoms with Crippen LogP contribution in [0, 0.1) is 25.7 Å². The van der Waals surface area contributed by atoms with Crippen LogP contribution in [0.5, 0.6) is 0 Å². The summed E-state index contributed by atoms with van der Waals surface area (Å²) >= 11 is 0. The molecule has 0 aliphatic carbocycles. The SMILES string of the molecule is CC[CH-]C(=O)O.CC[CH-]C(=O)O.CC[CH-]C(=O)O.CC[CH-]C(=O)O.[Zr+4]. The molecule has 0 aliphatic rings. The van der Waals surface area contributed by atoms with Gasteiger partial charge in [0.2, 0.25) is 0 Å². The molecule has 0 aliphatic heterocycles. The Morgan fingerprint density at radius 1 is 0.520 bits per heavy atom. The standard InChI is InChI=1S/4C4H7O2.Zr/c4*1-2-3-4(5)6;/h4*3H,2H2,1H3,(H,5,6);/q4*-1;+4. The summed E-state index contributed by atoms with van der Waals surface area (Å²) in [6, 6.07) is 0. The van der Waals surface area contributed by atoms with Crippen LogP contribution in [0.15, 0.2) is 0 Å². The third-order valence-electron chi connectivity index (χ3n) is 1.51. The molecule has 0 atom stereocenters.